The van der Waals surface area contributed by atoms with Gasteiger partial charge in [0, 0.05) is 6.07 Å². The first-order valence-electron chi connectivity index (χ1n) is 6.45. The average molecular weight is 446 g/mol. The van der Waals surface area contributed by atoms with Crippen LogP contribution in [0.4, 0.5) is 11.4 Å². The summed E-state index contributed by atoms with van der Waals surface area (Å²) in [7, 11) is 1.39. The van der Waals surface area contributed by atoms with Crippen molar-refractivity contribution in [2.75, 3.05) is 7.11 Å². The van der Waals surface area contributed by atoms with Crippen LogP contribution in [0.15, 0.2) is 30.3 Å². The normalized spacial score (nSPS) is 10.3. The van der Waals surface area contributed by atoms with E-state index in [2.05, 4.69) is 0 Å². The first-order chi connectivity index (χ1) is 11.4. The van der Waals surface area contributed by atoms with Crippen LogP contribution in [0.5, 0.6) is 17.2 Å². The number of hydrogen-bond acceptors (Lipinski definition) is 7. The van der Waals surface area contributed by atoms with Crippen LogP contribution in [0, 0.1) is 23.8 Å². The topological polar surface area (TPSA) is 125 Å². The molecule has 0 aliphatic rings. The monoisotopic (exact) mass is 446 g/mol. The predicted molar refractivity (Wildman–Crippen MR) is 91.5 cm³/mol. The third-order valence-corrected chi connectivity index (χ3v) is 3.84. The van der Waals surface area contributed by atoms with Gasteiger partial charge in [-0.25, -0.2) is 0 Å². The van der Waals surface area contributed by atoms with E-state index in [0.717, 1.165) is 18.2 Å². The largest absolute Gasteiger partial charge is 0.493 e. The van der Waals surface area contributed by atoms with Crippen molar-refractivity contribution in [2.45, 2.75) is 6.61 Å². The van der Waals surface area contributed by atoms with Crippen molar-refractivity contribution in [3.8, 4) is 17.2 Å². The smallest absolute Gasteiger partial charge is 0.318 e. The highest BCUT2D eigenvalue weighted by Crippen LogP contribution is 2.41. The molecule has 1 N–H and O–H groups in total. The van der Waals surface area contributed by atoms with Crippen molar-refractivity contribution >= 4 is 34.0 Å². The number of nitro benzene ring substituents is 2. The number of aliphatic hydroxyl groups is 1. The Balaban J connectivity index is 2.52. The summed E-state index contributed by atoms with van der Waals surface area (Å²) < 4.78 is 11.3. The van der Waals surface area contributed by atoms with Crippen molar-refractivity contribution in [3.63, 3.8) is 0 Å². The van der Waals surface area contributed by atoms with Crippen molar-refractivity contribution in [1.29, 1.82) is 0 Å². The van der Waals surface area contributed by atoms with Crippen LogP contribution in [0.3, 0.4) is 0 Å². The lowest BCUT2D eigenvalue weighted by atomic mass is 10.2. The summed E-state index contributed by atoms with van der Waals surface area (Å²) in [5.74, 6) is 0.337. The summed E-state index contributed by atoms with van der Waals surface area (Å²) in [6.45, 7) is -0.204. The van der Waals surface area contributed by atoms with Gasteiger partial charge in [0.15, 0.2) is 11.5 Å². The molecule has 0 heterocycles. The van der Waals surface area contributed by atoms with Crippen LogP contribution in [0.1, 0.15) is 5.56 Å². The lowest BCUT2D eigenvalue weighted by molar-refractivity contribution is -0.394. The van der Waals surface area contributed by atoms with E-state index < -0.39 is 21.2 Å². The number of methoxy groups -OCH3 is 1. The molecule has 0 bridgehead atoms. The molecular weight excluding hydrogens is 435 g/mol. The highest BCUT2D eigenvalue weighted by Gasteiger charge is 2.23. The number of benzene rings is 2. The Hall–Kier alpha value is -2.47. The molecule has 2 aromatic carbocycles. The molecule has 2 aromatic rings. The summed E-state index contributed by atoms with van der Waals surface area (Å²) in [5, 5.41) is 31.1. The minimum Gasteiger partial charge on any atom is -0.493 e. The zero-order valence-electron chi connectivity index (χ0n) is 12.3. The molecule has 0 atom stereocenters. The highest BCUT2D eigenvalue weighted by atomic mass is 127. The van der Waals surface area contributed by atoms with Gasteiger partial charge < -0.3 is 14.6 Å². The molecule has 0 aliphatic heterocycles. The van der Waals surface area contributed by atoms with Gasteiger partial charge in [-0.3, -0.25) is 20.2 Å². The quantitative estimate of drug-likeness (QED) is 0.410. The molecule has 126 valence electrons. The van der Waals surface area contributed by atoms with E-state index in [9.17, 15) is 25.3 Å². The Morgan fingerprint density at radius 3 is 2.38 bits per heavy atom. The first-order valence-corrected chi connectivity index (χ1v) is 7.53. The Bertz CT molecular complexity index is 810. The number of non-ortho nitro benzene ring substituents is 1. The van der Waals surface area contributed by atoms with Gasteiger partial charge in [-0.1, -0.05) is 0 Å². The van der Waals surface area contributed by atoms with Gasteiger partial charge in [0.25, 0.3) is 5.69 Å². The second-order valence-electron chi connectivity index (χ2n) is 4.54. The van der Waals surface area contributed by atoms with Gasteiger partial charge in [0.1, 0.15) is 0 Å². The summed E-state index contributed by atoms with van der Waals surface area (Å²) in [6.07, 6.45) is 0. The number of ether oxygens (including phenoxy) is 2. The lowest BCUT2D eigenvalue weighted by Gasteiger charge is -2.13. The fourth-order valence-corrected chi connectivity index (χ4v) is 2.70. The molecule has 0 aliphatic carbocycles. The molecule has 24 heavy (non-hydrogen) atoms. The SMILES string of the molecule is COc1cc(CO)cc(I)c1Oc1ccc([N+](=O)[O-])cc1[N+](=O)[O-]. The number of nitrogens with zero attached hydrogens (tertiary/aromatic N) is 2. The van der Waals surface area contributed by atoms with E-state index in [0.29, 0.717) is 9.13 Å². The maximum absolute atomic E-state index is 11.2. The van der Waals surface area contributed by atoms with E-state index >= 15 is 0 Å². The van der Waals surface area contributed by atoms with Gasteiger partial charge in [0.05, 0.1) is 33.2 Å². The molecule has 2 rings (SSSR count). The molecule has 0 unspecified atom stereocenters. The summed E-state index contributed by atoms with van der Waals surface area (Å²) in [6, 6.07) is 6.27. The van der Waals surface area contributed by atoms with Gasteiger partial charge in [-0.2, -0.15) is 0 Å². The van der Waals surface area contributed by atoms with E-state index in [-0.39, 0.29) is 23.9 Å². The molecule has 0 spiro atoms. The molecule has 0 radical (unpaired) electrons. The van der Waals surface area contributed by atoms with Gasteiger partial charge in [0.2, 0.25) is 5.75 Å². The fourth-order valence-electron chi connectivity index (χ4n) is 1.92. The first kappa shape index (κ1) is 17.9. The molecule has 0 fully saturated rings. The van der Waals surface area contributed by atoms with Crippen LogP contribution in [0.2, 0.25) is 0 Å². The van der Waals surface area contributed by atoms with Crippen LogP contribution < -0.4 is 9.47 Å². The second kappa shape index (κ2) is 7.40. The average Bonchev–Trinajstić information content (AvgIpc) is 2.56. The van der Waals surface area contributed by atoms with Crippen LogP contribution >= 0.6 is 22.6 Å². The minimum absolute atomic E-state index is 0.154. The maximum Gasteiger partial charge on any atom is 0.318 e. The molecule has 0 saturated heterocycles. The Kier molecular flexibility index (Phi) is 5.51. The zero-order valence-corrected chi connectivity index (χ0v) is 14.4. The molecular formula is C14H11IN2O7. The molecule has 10 heteroatoms. The number of hydrogen-bond donors (Lipinski definition) is 1. The zero-order chi connectivity index (χ0) is 17.9. The van der Waals surface area contributed by atoms with Crippen LogP contribution in [0.25, 0.3) is 0 Å². The van der Waals surface area contributed by atoms with E-state index in [1.807, 2.05) is 22.6 Å². The predicted octanol–water partition coefficient (Wildman–Crippen LogP) is 3.40. The Morgan fingerprint density at radius 1 is 1.12 bits per heavy atom. The van der Waals surface area contributed by atoms with Crippen molar-refractivity contribution in [2.24, 2.45) is 0 Å². The van der Waals surface area contributed by atoms with Gasteiger partial charge >= 0.3 is 5.69 Å². The number of rotatable bonds is 6. The third-order valence-electron chi connectivity index (χ3n) is 3.03. The molecule has 0 saturated carbocycles. The van der Waals surface area contributed by atoms with E-state index in [1.54, 1.807) is 6.07 Å². The standard InChI is InChI=1S/C14H11IN2O7/c1-23-13-5-8(7-18)4-10(15)14(13)24-12-3-2-9(16(19)20)6-11(12)17(21)22/h2-6,18H,7H2,1H3. The van der Waals surface area contributed by atoms with E-state index in [4.69, 9.17) is 9.47 Å². The third kappa shape index (κ3) is 3.71. The Labute approximate surface area is 149 Å². The second-order valence-corrected chi connectivity index (χ2v) is 5.70. The fraction of sp³-hybridized carbons (Fsp3) is 0.143. The molecule has 0 aromatic heterocycles. The maximum atomic E-state index is 11.2. The number of aliphatic hydroxyl groups excluding tert-OH is 1. The molecule has 9 nitrogen and oxygen atoms in total. The number of halogens is 1. The Morgan fingerprint density at radius 2 is 1.83 bits per heavy atom. The number of nitro groups is 2. The van der Waals surface area contributed by atoms with Crippen LogP contribution in [-0.2, 0) is 6.61 Å². The summed E-state index contributed by atoms with van der Waals surface area (Å²) in [4.78, 5) is 20.4. The van der Waals surface area contributed by atoms with Gasteiger partial charge in [-0.15, -0.1) is 0 Å². The van der Waals surface area contributed by atoms with Crippen molar-refractivity contribution in [3.05, 3.63) is 59.7 Å². The van der Waals surface area contributed by atoms with Gasteiger partial charge in [-0.05, 0) is 46.4 Å². The van der Waals surface area contributed by atoms with E-state index in [1.165, 1.54) is 13.2 Å². The highest BCUT2D eigenvalue weighted by molar-refractivity contribution is 14.1. The molecule has 0 amide bonds. The lowest BCUT2D eigenvalue weighted by Crippen LogP contribution is -1.99. The summed E-state index contributed by atoms with van der Waals surface area (Å²) >= 11 is 1.94. The minimum atomic E-state index is -0.760. The van der Waals surface area contributed by atoms with Crippen molar-refractivity contribution < 1.29 is 24.4 Å². The van der Waals surface area contributed by atoms with Crippen LogP contribution in [-0.4, -0.2) is 22.1 Å². The summed E-state index contributed by atoms with van der Waals surface area (Å²) in [5.41, 5.74) is -0.360. The van der Waals surface area contributed by atoms with Crippen molar-refractivity contribution in [1.82, 2.24) is 0 Å².